The molecule has 0 aliphatic carbocycles. The zero-order chi connectivity index (χ0) is 70.6. The van der Waals surface area contributed by atoms with Gasteiger partial charge in [-0.1, -0.05) is 175 Å². The number of furan rings is 1. The summed E-state index contributed by atoms with van der Waals surface area (Å²) in [7, 11) is 0. The fourth-order valence-corrected chi connectivity index (χ4v) is 6.10. The van der Waals surface area contributed by atoms with Gasteiger partial charge in [0.1, 0.15) is 11.2 Å². The third-order valence-electron chi connectivity index (χ3n) is 8.69. The normalized spacial score (nSPS) is 20.4. The van der Waals surface area contributed by atoms with Crippen molar-refractivity contribution in [2.75, 3.05) is 4.90 Å². The van der Waals surface area contributed by atoms with E-state index in [4.69, 9.17) is 33.2 Å². The van der Waals surface area contributed by atoms with Crippen LogP contribution < -0.4 is 4.90 Å². The maximum absolute atomic E-state index is 10.2. The molecule has 0 amide bonds. The molecule has 11 aromatic rings. The summed E-state index contributed by atoms with van der Waals surface area (Å²) in [4.78, 5) is 0.284. The van der Waals surface area contributed by atoms with Crippen LogP contribution in [0.4, 0.5) is 17.1 Å². The lowest BCUT2D eigenvalue weighted by molar-refractivity contribution is 0.670. The van der Waals surface area contributed by atoms with Crippen molar-refractivity contribution in [3.63, 3.8) is 0 Å². The lowest BCUT2D eigenvalue weighted by Crippen LogP contribution is -2.10. The SMILES string of the molecule is [2H]c1c([2H])c([2H])c(-c2c([2H])c([2H])c(-c3c([2H])c([2H])c(N(c4c([2H])c([2H])c([2H])c(-c5c([2H])c([2H])c6c([2H])c([2H])c([2H])c([2H])c6c5[2H])c4[2H])c4c([2H])c([2H])c(-c5c([2H])c([2H])c([2H])c6c([2H])c([2H])c([2H])c([2H])c56)c5oc6c([2H])c([2H])c([2H])c([2H])c6c45)c([2H])c3[2H])c([2H])c2[2H])c([2H])c1[2H]. The number of anilines is 3. The number of hydrogen-bond acceptors (Lipinski definition) is 2. The molecule has 0 saturated carbocycles. The Hall–Kier alpha value is -7.68. The van der Waals surface area contributed by atoms with Crippen LogP contribution in [0.2, 0.25) is 0 Å². The van der Waals surface area contributed by atoms with Crippen LogP contribution in [-0.2, 0) is 0 Å². The van der Waals surface area contributed by atoms with Crippen LogP contribution in [0.25, 0.3) is 88.0 Å². The molecule has 0 unspecified atom stereocenters. The minimum Gasteiger partial charge on any atom is -0.455 e. The molecule has 0 saturated heterocycles. The summed E-state index contributed by atoms with van der Waals surface area (Å²) < 4.78 is 343. The van der Waals surface area contributed by atoms with E-state index in [1.165, 1.54) is 0 Å². The van der Waals surface area contributed by atoms with Crippen LogP contribution in [-0.4, -0.2) is 0 Å². The minimum atomic E-state index is -1.44. The third kappa shape index (κ3) is 5.91. The van der Waals surface area contributed by atoms with Crippen LogP contribution in [0.15, 0.2) is 228 Å². The van der Waals surface area contributed by atoms with Gasteiger partial charge in [0.2, 0.25) is 0 Å². The zero-order valence-electron chi connectivity index (χ0n) is 65.9. The van der Waals surface area contributed by atoms with Gasteiger partial charge in [-0.3, -0.25) is 0 Å². The van der Waals surface area contributed by atoms with E-state index in [1.54, 1.807) is 0 Å². The maximum atomic E-state index is 10.2. The number of rotatable bonds is 7. The molecule has 2 nitrogen and oxygen atoms in total. The number of nitrogens with zero attached hydrogens (tertiary/aromatic N) is 1. The van der Waals surface area contributed by atoms with Crippen molar-refractivity contribution in [1.82, 2.24) is 0 Å². The monoisotopic (exact) mass is 777 g/mol. The van der Waals surface area contributed by atoms with Crippen LogP contribution >= 0.6 is 0 Å². The topological polar surface area (TPSA) is 16.4 Å². The number of para-hydroxylation sites is 1. The highest BCUT2D eigenvalue weighted by Gasteiger charge is 2.23. The fraction of sp³-hybridized carbons (Fsp3) is 0. The summed E-state index contributed by atoms with van der Waals surface area (Å²) in [5.41, 5.74) is -13.4. The molecule has 0 bridgehead atoms. The zero-order valence-corrected chi connectivity index (χ0v) is 28.9. The van der Waals surface area contributed by atoms with E-state index < -0.39 is 329 Å². The first-order valence-corrected chi connectivity index (χ1v) is 16.8. The maximum Gasteiger partial charge on any atom is 0.145 e. The van der Waals surface area contributed by atoms with E-state index in [2.05, 4.69) is 0 Å². The van der Waals surface area contributed by atoms with E-state index in [-0.39, 0.29) is 4.90 Å². The van der Waals surface area contributed by atoms with Crippen molar-refractivity contribution in [2.24, 2.45) is 0 Å². The van der Waals surface area contributed by atoms with Gasteiger partial charge >= 0.3 is 0 Å². The predicted octanol–water partition coefficient (Wildman–Crippen LogP) is 16.0. The number of benzene rings is 10. The molecule has 0 atom stereocenters. The molecule has 0 aliphatic heterocycles. The lowest BCUT2D eigenvalue weighted by Gasteiger charge is -2.27. The highest BCUT2D eigenvalue weighted by atomic mass is 16.3. The first-order valence-electron chi connectivity index (χ1n) is 35.3. The molecule has 11 rings (SSSR count). The molecular formula is C56H37NO. The van der Waals surface area contributed by atoms with Crippen molar-refractivity contribution in [1.29, 1.82) is 0 Å². The van der Waals surface area contributed by atoms with Crippen molar-refractivity contribution in [3.8, 4) is 44.5 Å². The molecule has 1 aromatic heterocycles. The Bertz CT molecular complexity index is 5370. The number of hydrogen-bond donors (Lipinski definition) is 0. The molecule has 1 heterocycles. The molecule has 0 fully saturated rings. The molecule has 272 valence electrons. The van der Waals surface area contributed by atoms with Gasteiger partial charge in [0.05, 0.1) is 61.8 Å². The Balaban J connectivity index is 1.39. The molecular weight excluding hydrogens is 703 g/mol. The van der Waals surface area contributed by atoms with Gasteiger partial charge in [0.15, 0.2) is 0 Å². The predicted molar refractivity (Wildman–Crippen MR) is 245 cm³/mol. The van der Waals surface area contributed by atoms with Crippen LogP contribution in [0.3, 0.4) is 0 Å². The van der Waals surface area contributed by atoms with E-state index in [0.717, 1.165) is 0 Å². The van der Waals surface area contributed by atoms with Crippen molar-refractivity contribution in [3.05, 3.63) is 224 Å². The quantitative estimate of drug-likeness (QED) is 0.160. The molecule has 0 N–H and O–H groups in total. The van der Waals surface area contributed by atoms with Gasteiger partial charge in [-0.05, 0) is 109 Å². The average molecular weight is 777 g/mol. The largest absolute Gasteiger partial charge is 0.455 e. The van der Waals surface area contributed by atoms with Crippen LogP contribution in [0, 0.1) is 0 Å². The van der Waals surface area contributed by atoms with E-state index in [9.17, 15) is 21.9 Å². The summed E-state index contributed by atoms with van der Waals surface area (Å²) >= 11 is 0. The second kappa shape index (κ2) is 14.1. The Morgan fingerprint density at radius 2 is 0.914 bits per heavy atom. The van der Waals surface area contributed by atoms with Gasteiger partial charge in [0.25, 0.3) is 0 Å². The van der Waals surface area contributed by atoms with Crippen LogP contribution in [0.5, 0.6) is 0 Å². The second-order valence-electron chi connectivity index (χ2n) is 12.0. The van der Waals surface area contributed by atoms with Crippen molar-refractivity contribution >= 4 is 60.5 Å². The molecule has 2 heteroatoms. The Labute approximate surface area is 389 Å². The lowest BCUT2D eigenvalue weighted by atomic mass is 9.95. The molecule has 0 radical (unpaired) electrons. The summed E-state index contributed by atoms with van der Waals surface area (Å²) in [5, 5.41) is -4.72. The fourth-order valence-electron chi connectivity index (χ4n) is 6.10. The Morgan fingerprint density at radius 3 is 1.71 bits per heavy atom. The summed E-state index contributed by atoms with van der Waals surface area (Å²) in [5.74, 6) is 0. The minimum absolute atomic E-state index is 0.284. The van der Waals surface area contributed by atoms with Gasteiger partial charge in [0, 0.05) is 22.3 Å². The van der Waals surface area contributed by atoms with E-state index in [1.807, 2.05) is 0 Å². The van der Waals surface area contributed by atoms with Gasteiger partial charge in [-0.2, -0.15) is 0 Å². The molecule has 58 heavy (non-hydrogen) atoms. The van der Waals surface area contributed by atoms with E-state index >= 15 is 0 Å². The van der Waals surface area contributed by atoms with Gasteiger partial charge in [-0.25, -0.2) is 0 Å². The van der Waals surface area contributed by atoms with Crippen LogP contribution in [0.1, 0.15) is 50.7 Å². The smallest absolute Gasteiger partial charge is 0.145 e. The third-order valence-corrected chi connectivity index (χ3v) is 8.69. The standard InChI is InChI=1S/C56H37NO/c1-2-12-38(13-3-1)40-24-26-41(27-25-40)42-30-32-47(33-31-42)57(48-19-10-18-45(37-48)46-29-28-39-14-4-5-16-44(39)36-46)53-35-34-51(50-22-11-17-43-15-6-7-20-49(43)50)56-55(53)52-21-8-9-23-54(52)58-56/h1-37H/i1D,2D,3D,4D,5D,6D,7D,8D,9D,10D,11D,12D,13D,14D,15D,16D,17D,18D,19D,20D,21D,22D,23D,24D,25D,26D,27D,28D,29D,30D,31D,32D,33D,34D,35D,36D,37D. The average Bonchev–Trinajstić information content (AvgIpc) is 1.67. The summed E-state index contributed by atoms with van der Waals surface area (Å²) in [6, 6.07) is -41.1. The number of fused-ring (bicyclic) bond motifs is 5. The summed E-state index contributed by atoms with van der Waals surface area (Å²) in [6.45, 7) is 0. The Kier molecular flexibility index (Phi) is 3.15. The first kappa shape index (κ1) is 12.9. The first-order chi connectivity index (χ1) is 44.2. The van der Waals surface area contributed by atoms with Crippen molar-refractivity contribution in [2.45, 2.75) is 0 Å². The molecule has 0 spiro atoms. The van der Waals surface area contributed by atoms with Gasteiger partial charge in [-0.15, -0.1) is 0 Å². The van der Waals surface area contributed by atoms with Gasteiger partial charge < -0.3 is 9.32 Å². The highest BCUT2D eigenvalue weighted by molar-refractivity contribution is 6.18. The van der Waals surface area contributed by atoms with Crippen molar-refractivity contribution < 1.29 is 55.1 Å². The highest BCUT2D eigenvalue weighted by Crippen LogP contribution is 2.47. The molecule has 10 aromatic carbocycles. The van der Waals surface area contributed by atoms with E-state index in [0.29, 0.717) is 0 Å². The molecule has 0 aliphatic rings. The Morgan fingerprint density at radius 1 is 0.345 bits per heavy atom. The second-order valence-corrected chi connectivity index (χ2v) is 12.0. The summed E-state index contributed by atoms with van der Waals surface area (Å²) in [6.07, 6.45) is 0.